The van der Waals surface area contributed by atoms with Crippen molar-refractivity contribution in [1.82, 2.24) is 4.57 Å². The van der Waals surface area contributed by atoms with Crippen LogP contribution in [0.3, 0.4) is 0 Å². The number of fused-ring (bicyclic) bond motifs is 4. The number of rotatable bonds is 2. The Morgan fingerprint density at radius 2 is 1.38 bits per heavy atom. The van der Waals surface area contributed by atoms with Gasteiger partial charge in [0.25, 0.3) is 0 Å². The molecule has 1 atom stereocenters. The van der Waals surface area contributed by atoms with E-state index in [9.17, 15) is 0 Å². The van der Waals surface area contributed by atoms with E-state index in [2.05, 4.69) is 89.2 Å². The average molecular weight is 330 g/mol. The Kier molecular flexibility index (Phi) is 3.10. The molecule has 1 aromatic heterocycles. The van der Waals surface area contributed by atoms with Crippen LogP contribution in [0.4, 0.5) is 5.69 Å². The monoisotopic (exact) mass is 330 g/mol. The lowest BCUT2D eigenvalue weighted by molar-refractivity contribution is 0.565. The van der Waals surface area contributed by atoms with Crippen LogP contribution in [0.1, 0.15) is 13.1 Å². The zero-order chi connectivity index (χ0) is 16.1. The average Bonchev–Trinajstić information content (AvgIpc) is 3.21. The van der Waals surface area contributed by atoms with Gasteiger partial charge in [0.15, 0.2) is 0 Å². The molecule has 118 valence electrons. The van der Waals surface area contributed by atoms with Gasteiger partial charge >= 0.3 is 0 Å². The second kappa shape index (κ2) is 5.32. The molecule has 0 radical (unpaired) electrons. The summed E-state index contributed by atoms with van der Waals surface area (Å²) in [4.78, 5) is 3.88. The van der Waals surface area contributed by atoms with Gasteiger partial charge in [0, 0.05) is 15.7 Å². The van der Waals surface area contributed by atoms with E-state index >= 15 is 0 Å². The first-order valence-corrected chi connectivity index (χ1v) is 9.29. The van der Waals surface area contributed by atoms with E-state index in [1.54, 1.807) is 0 Å². The fourth-order valence-electron chi connectivity index (χ4n) is 3.83. The number of para-hydroxylation sites is 3. The zero-order valence-corrected chi connectivity index (χ0v) is 14.3. The summed E-state index contributed by atoms with van der Waals surface area (Å²) in [5.74, 6) is 1.00. The molecule has 0 aliphatic carbocycles. The molecule has 3 heteroatoms. The quantitative estimate of drug-likeness (QED) is 0.453. The first-order chi connectivity index (χ1) is 11.8. The van der Waals surface area contributed by atoms with Crippen molar-refractivity contribution in [3.63, 3.8) is 0 Å². The topological polar surface area (TPSA) is 8.17 Å². The normalized spacial score (nSPS) is 15.1. The Morgan fingerprint density at radius 3 is 2.08 bits per heavy atom. The Morgan fingerprint density at radius 1 is 0.792 bits per heavy atom. The van der Waals surface area contributed by atoms with E-state index in [1.165, 1.54) is 32.4 Å². The number of hydrogen-bond donors (Lipinski definition) is 0. The highest BCUT2D eigenvalue weighted by Gasteiger charge is 2.26. The maximum atomic E-state index is 2.50. The fourth-order valence-corrected chi connectivity index (χ4v) is 4.97. The Bertz CT molecular complexity index is 997. The van der Waals surface area contributed by atoms with Gasteiger partial charge in [0.1, 0.15) is 6.17 Å². The van der Waals surface area contributed by atoms with E-state index in [-0.39, 0.29) is 6.17 Å². The molecule has 0 amide bonds. The SMILES string of the molecule is CC(N1CSc2ccccc21)n1c2ccccc2c2ccccc21. The predicted molar refractivity (Wildman–Crippen MR) is 104 cm³/mol. The minimum atomic E-state index is 0.269. The standard InChI is InChI=1S/C21H18N2S/c1-15(22-14-24-21-13-7-6-12-20(21)22)23-18-10-4-2-8-16(18)17-9-3-5-11-19(17)23/h2-13,15H,14H2,1H3. The van der Waals surface area contributed by atoms with Crippen molar-refractivity contribution in [2.45, 2.75) is 18.0 Å². The molecule has 24 heavy (non-hydrogen) atoms. The largest absolute Gasteiger partial charge is 0.341 e. The molecule has 5 rings (SSSR count). The molecule has 0 bridgehead atoms. The number of hydrogen-bond acceptors (Lipinski definition) is 2. The highest BCUT2D eigenvalue weighted by atomic mass is 32.2. The van der Waals surface area contributed by atoms with Crippen molar-refractivity contribution >= 4 is 39.3 Å². The van der Waals surface area contributed by atoms with Gasteiger partial charge in [-0.25, -0.2) is 0 Å². The third-order valence-electron chi connectivity index (χ3n) is 4.98. The molecule has 1 unspecified atom stereocenters. The minimum absolute atomic E-state index is 0.269. The molecular weight excluding hydrogens is 312 g/mol. The van der Waals surface area contributed by atoms with Crippen LogP contribution in [-0.4, -0.2) is 10.4 Å². The number of thioether (sulfide) groups is 1. The third-order valence-corrected chi connectivity index (χ3v) is 6.04. The van der Waals surface area contributed by atoms with Gasteiger partial charge in [-0.15, -0.1) is 11.8 Å². The highest BCUT2D eigenvalue weighted by molar-refractivity contribution is 7.99. The van der Waals surface area contributed by atoms with Gasteiger partial charge in [0.05, 0.1) is 22.6 Å². The summed E-state index contributed by atoms with van der Waals surface area (Å²) in [6.45, 7) is 2.31. The van der Waals surface area contributed by atoms with Crippen molar-refractivity contribution in [2.24, 2.45) is 0 Å². The molecule has 4 aromatic rings. The number of benzene rings is 3. The van der Waals surface area contributed by atoms with E-state index < -0.39 is 0 Å². The highest BCUT2D eigenvalue weighted by Crippen LogP contribution is 2.43. The molecule has 2 heterocycles. The van der Waals surface area contributed by atoms with Crippen LogP contribution in [0.15, 0.2) is 77.7 Å². The number of nitrogens with zero attached hydrogens (tertiary/aromatic N) is 2. The Labute approximate surface area is 145 Å². The van der Waals surface area contributed by atoms with Crippen LogP contribution < -0.4 is 4.90 Å². The summed E-state index contributed by atoms with van der Waals surface area (Å²) < 4.78 is 2.48. The molecule has 0 N–H and O–H groups in total. The van der Waals surface area contributed by atoms with Crippen LogP contribution in [0.5, 0.6) is 0 Å². The van der Waals surface area contributed by atoms with Crippen LogP contribution in [-0.2, 0) is 0 Å². The van der Waals surface area contributed by atoms with Gasteiger partial charge in [-0.2, -0.15) is 0 Å². The zero-order valence-electron chi connectivity index (χ0n) is 13.5. The lowest BCUT2D eigenvalue weighted by Gasteiger charge is -2.29. The van der Waals surface area contributed by atoms with Crippen molar-refractivity contribution in [3.8, 4) is 0 Å². The first-order valence-electron chi connectivity index (χ1n) is 8.31. The van der Waals surface area contributed by atoms with Crippen LogP contribution in [0, 0.1) is 0 Å². The maximum absolute atomic E-state index is 2.50. The molecule has 0 spiro atoms. The van der Waals surface area contributed by atoms with E-state index in [1.807, 2.05) is 11.8 Å². The van der Waals surface area contributed by atoms with Gasteiger partial charge in [-0.1, -0.05) is 48.5 Å². The molecule has 0 saturated heterocycles. The van der Waals surface area contributed by atoms with Gasteiger partial charge in [-0.05, 0) is 31.2 Å². The Hall–Kier alpha value is -2.39. The van der Waals surface area contributed by atoms with Gasteiger partial charge in [-0.3, -0.25) is 0 Å². The molecule has 0 saturated carbocycles. The molecule has 1 aliphatic rings. The van der Waals surface area contributed by atoms with Crippen LogP contribution in [0.2, 0.25) is 0 Å². The minimum Gasteiger partial charge on any atom is -0.341 e. The van der Waals surface area contributed by atoms with Crippen molar-refractivity contribution in [3.05, 3.63) is 72.8 Å². The number of anilines is 1. The Balaban J connectivity index is 1.74. The van der Waals surface area contributed by atoms with Gasteiger partial charge < -0.3 is 9.47 Å². The third kappa shape index (κ3) is 1.91. The van der Waals surface area contributed by atoms with Crippen LogP contribution >= 0.6 is 11.8 Å². The summed E-state index contributed by atoms with van der Waals surface area (Å²) >= 11 is 1.92. The molecule has 3 aromatic carbocycles. The predicted octanol–water partition coefficient (Wildman–Crippen LogP) is 5.88. The van der Waals surface area contributed by atoms with Gasteiger partial charge in [0.2, 0.25) is 0 Å². The summed E-state index contributed by atoms with van der Waals surface area (Å²) in [5.41, 5.74) is 3.96. The second-order valence-electron chi connectivity index (χ2n) is 6.25. The first kappa shape index (κ1) is 14.0. The summed E-state index contributed by atoms with van der Waals surface area (Å²) in [6, 6.07) is 26.2. The number of aromatic nitrogens is 1. The summed E-state index contributed by atoms with van der Waals surface area (Å²) in [5, 5.41) is 2.67. The van der Waals surface area contributed by atoms with Crippen molar-refractivity contribution in [2.75, 3.05) is 10.8 Å². The molecule has 2 nitrogen and oxygen atoms in total. The summed E-state index contributed by atoms with van der Waals surface area (Å²) in [7, 11) is 0. The fraction of sp³-hybridized carbons (Fsp3) is 0.143. The second-order valence-corrected chi connectivity index (χ2v) is 7.23. The van der Waals surface area contributed by atoms with E-state index in [0.717, 1.165) is 5.88 Å². The smallest absolute Gasteiger partial charge is 0.104 e. The molecular formula is C21H18N2S. The van der Waals surface area contributed by atoms with Crippen molar-refractivity contribution < 1.29 is 0 Å². The van der Waals surface area contributed by atoms with E-state index in [0.29, 0.717) is 0 Å². The molecule has 1 aliphatic heterocycles. The summed E-state index contributed by atoms with van der Waals surface area (Å²) in [6.07, 6.45) is 0.269. The van der Waals surface area contributed by atoms with Crippen molar-refractivity contribution in [1.29, 1.82) is 0 Å². The van der Waals surface area contributed by atoms with Crippen LogP contribution in [0.25, 0.3) is 21.8 Å². The maximum Gasteiger partial charge on any atom is 0.104 e. The molecule has 0 fully saturated rings. The van der Waals surface area contributed by atoms with E-state index in [4.69, 9.17) is 0 Å². The lowest BCUT2D eigenvalue weighted by atomic mass is 10.2. The lowest BCUT2D eigenvalue weighted by Crippen LogP contribution is -2.28.